The normalized spacial score (nSPS) is 10.3. The van der Waals surface area contributed by atoms with Crippen LogP contribution in [-0.2, 0) is 5.75 Å². The topological polar surface area (TPSA) is 63.1 Å². The summed E-state index contributed by atoms with van der Waals surface area (Å²) in [6.45, 7) is 0. The zero-order valence-corrected chi connectivity index (χ0v) is 10.0. The SMILES string of the molecule is O=C(O)c1cc(CSc2ncccn2)ccc1F. The third-order valence-electron chi connectivity index (χ3n) is 2.17. The molecule has 0 saturated carbocycles. The van der Waals surface area contributed by atoms with Gasteiger partial charge in [-0.05, 0) is 23.8 Å². The van der Waals surface area contributed by atoms with Crippen LogP contribution in [-0.4, -0.2) is 21.0 Å². The number of rotatable bonds is 4. The van der Waals surface area contributed by atoms with Gasteiger partial charge in [0.15, 0.2) is 5.16 Å². The Kier molecular flexibility index (Phi) is 3.88. The molecule has 1 heterocycles. The van der Waals surface area contributed by atoms with Crippen molar-refractivity contribution in [2.24, 2.45) is 0 Å². The molecule has 1 aromatic carbocycles. The van der Waals surface area contributed by atoms with Crippen molar-refractivity contribution >= 4 is 17.7 Å². The van der Waals surface area contributed by atoms with Gasteiger partial charge in [0.2, 0.25) is 0 Å². The Morgan fingerprint density at radius 3 is 2.72 bits per heavy atom. The maximum Gasteiger partial charge on any atom is 0.338 e. The third kappa shape index (κ3) is 3.04. The van der Waals surface area contributed by atoms with Gasteiger partial charge in [0.25, 0.3) is 0 Å². The minimum Gasteiger partial charge on any atom is -0.478 e. The van der Waals surface area contributed by atoms with Gasteiger partial charge in [-0.15, -0.1) is 0 Å². The van der Waals surface area contributed by atoms with Crippen LogP contribution in [0.1, 0.15) is 15.9 Å². The number of nitrogens with zero attached hydrogens (tertiary/aromatic N) is 2. The Balaban J connectivity index is 2.11. The van der Waals surface area contributed by atoms with Crippen molar-refractivity contribution in [3.05, 3.63) is 53.6 Å². The highest BCUT2D eigenvalue weighted by Gasteiger charge is 2.11. The lowest BCUT2D eigenvalue weighted by Gasteiger charge is -2.03. The molecule has 0 fully saturated rings. The standard InChI is InChI=1S/C12H9FN2O2S/c13-10-3-2-8(6-9(10)11(16)17)7-18-12-14-4-1-5-15-12/h1-6H,7H2,(H,16,17). The first-order valence-corrected chi connectivity index (χ1v) is 6.07. The van der Waals surface area contributed by atoms with E-state index in [0.717, 1.165) is 6.07 Å². The van der Waals surface area contributed by atoms with Crippen molar-refractivity contribution in [3.63, 3.8) is 0 Å². The number of aromatic nitrogens is 2. The average Bonchev–Trinajstić information content (AvgIpc) is 2.38. The van der Waals surface area contributed by atoms with Gasteiger partial charge in [-0.1, -0.05) is 17.8 Å². The van der Waals surface area contributed by atoms with E-state index >= 15 is 0 Å². The van der Waals surface area contributed by atoms with Crippen LogP contribution in [0.4, 0.5) is 4.39 Å². The Labute approximate surface area is 107 Å². The van der Waals surface area contributed by atoms with Crippen molar-refractivity contribution in [3.8, 4) is 0 Å². The third-order valence-corrected chi connectivity index (χ3v) is 3.12. The molecule has 1 aromatic heterocycles. The lowest BCUT2D eigenvalue weighted by molar-refractivity contribution is 0.0692. The molecule has 6 heteroatoms. The van der Waals surface area contributed by atoms with E-state index < -0.39 is 11.8 Å². The summed E-state index contributed by atoms with van der Waals surface area (Å²) in [5, 5.41) is 9.40. The minimum absolute atomic E-state index is 0.318. The van der Waals surface area contributed by atoms with Crippen LogP contribution in [0.15, 0.2) is 41.8 Å². The lowest BCUT2D eigenvalue weighted by atomic mass is 10.1. The monoisotopic (exact) mass is 264 g/mol. The second kappa shape index (κ2) is 5.59. The number of thioether (sulfide) groups is 1. The highest BCUT2D eigenvalue weighted by atomic mass is 32.2. The van der Waals surface area contributed by atoms with E-state index in [4.69, 9.17) is 5.11 Å². The van der Waals surface area contributed by atoms with E-state index in [0.29, 0.717) is 16.5 Å². The van der Waals surface area contributed by atoms with E-state index in [-0.39, 0.29) is 5.56 Å². The lowest BCUT2D eigenvalue weighted by Crippen LogP contribution is -2.01. The summed E-state index contributed by atoms with van der Waals surface area (Å²) >= 11 is 1.36. The molecule has 0 saturated heterocycles. The number of halogens is 1. The van der Waals surface area contributed by atoms with Crippen LogP contribution in [0.5, 0.6) is 0 Å². The molecule has 0 radical (unpaired) electrons. The quantitative estimate of drug-likeness (QED) is 0.679. The first kappa shape index (κ1) is 12.5. The van der Waals surface area contributed by atoms with Gasteiger partial charge in [0.05, 0.1) is 5.56 Å². The molecular formula is C12H9FN2O2S. The first-order valence-electron chi connectivity index (χ1n) is 5.08. The highest BCUT2D eigenvalue weighted by molar-refractivity contribution is 7.98. The molecule has 2 rings (SSSR count). The molecule has 0 aliphatic carbocycles. The molecule has 0 aliphatic rings. The number of hydrogen-bond acceptors (Lipinski definition) is 4. The molecule has 4 nitrogen and oxygen atoms in total. The summed E-state index contributed by atoms with van der Waals surface area (Å²) in [5.41, 5.74) is 0.397. The zero-order valence-electron chi connectivity index (χ0n) is 9.21. The number of hydrogen-bond donors (Lipinski definition) is 1. The number of aromatic carboxylic acids is 1. The molecule has 0 amide bonds. The van der Waals surface area contributed by atoms with Crippen LogP contribution >= 0.6 is 11.8 Å². The van der Waals surface area contributed by atoms with Gasteiger partial charge in [-0.3, -0.25) is 0 Å². The molecule has 0 atom stereocenters. The maximum absolute atomic E-state index is 13.2. The molecule has 18 heavy (non-hydrogen) atoms. The van der Waals surface area contributed by atoms with Gasteiger partial charge in [0, 0.05) is 18.1 Å². The van der Waals surface area contributed by atoms with Crippen molar-refractivity contribution in [2.75, 3.05) is 0 Å². The van der Waals surface area contributed by atoms with Crippen LogP contribution in [0.2, 0.25) is 0 Å². The van der Waals surface area contributed by atoms with Crippen molar-refractivity contribution in [2.45, 2.75) is 10.9 Å². The summed E-state index contributed by atoms with van der Waals surface area (Å²) in [4.78, 5) is 18.8. The number of carboxylic acids is 1. The maximum atomic E-state index is 13.2. The van der Waals surface area contributed by atoms with Gasteiger partial charge in [-0.25, -0.2) is 19.2 Å². The zero-order chi connectivity index (χ0) is 13.0. The summed E-state index contributed by atoms with van der Waals surface area (Å²) in [5.74, 6) is -1.51. The van der Waals surface area contributed by atoms with E-state index in [1.807, 2.05) is 0 Å². The fourth-order valence-corrected chi connectivity index (χ4v) is 2.08. The van der Waals surface area contributed by atoms with Crippen LogP contribution < -0.4 is 0 Å². The van der Waals surface area contributed by atoms with Crippen LogP contribution in [0.3, 0.4) is 0 Å². The predicted octanol–water partition coefficient (Wildman–Crippen LogP) is 2.61. The molecular weight excluding hydrogens is 255 g/mol. The van der Waals surface area contributed by atoms with E-state index in [2.05, 4.69) is 9.97 Å². The van der Waals surface area contributed by atoms with Crippen molar-refractivity contribution < 1.29 is 14.3 Å². The fraction of sp³-hybridized carbons (Fsp3) is 0.0833. The highest BCUT2D eigenvalue weighted by Crippen LogP contribution is 2.20. The minimum atomic E-state index is -1.27. The van der Waals surface area contributed by atoms with Gasteiger partial charge < -0.3 is 5.11 Å². The Hall–Kier alpha value is -1.95. The molecule has 0 bridgehead atoms. The predicted molar refractivity (Wildman–Crippen MR) is 65.0 cm³/mol. The Bertz CT molecular complexity index is 563. The van der Waals surface area contributed by atoms with E-state index in [1.54, 1.807) is 24.5 Å². The number of benzene rings is 1. The summed E-state index contributed by atoms with van der Waals surface area (Å²) < 4.78 is 13.2. The summed E-state index contributed by atoms with van der Waals surface area (Å²) in [7, 11) is 0. The molecule has 0 unspecified atom stereocenters. The van der Waals surface area contributed by atoms with Crippen LogP contribution in [0.25, 0.3) is 0 Å². The van der Waals surface area contributed by atoms with E-state index in [1.165, 1.54) is 17.8 Å². The molecule has 2 aromatic rings. The number of carboxylic acid groups (broad SMARTS) is 1. The first-order chi connectivity index (χ1) is 8.66. The molecule has 92 valence electrons. The summed E-state index contributed by atoms with van der Waals surface area (Å²) in [6.07, 6.45) is 3.26. The fourth-order valence-electron chi connectivity index (χ4n) is 1.33. The van der Waals surface area contributed by atoms with Gasteiger partial charge in [0.1, 0.15) is 5.82 Å². The van der Waals surface area contributed by atoms with Gasteiger partial charge >= 0.3 is 5.97 Å². The second-order valence-electron chi connectivity index (χ2n) is 3.44. The average molecular weight is 264 g/mol. The largest absolute Gasteiger partial charge is 0.478 e. The molecule has 0 aliphatic heterocycles. The summed E-state index contributed by atoms with van der Waals surface area (Å²) in [6, 6.07) is 5.75. The Morgan fingerprint density at radius 1 is 1.33 bits per heavy atom. The van der Waals surface area contributed by atoms with Crippen molar-refractivity contribution in [1.82, 2.24) is 9.97 Å². The smallest absolute Gasteiger partial charge is 0.338 e. The Morgan fingerprint density at radius 2 is 2.06 bits per heavy atom. The van der Waals surface area contributed by atoms with Crippen molar-refractivity contribution in [1.29, 1.82) is 0 Å². The second-order valence-corrected chi connectivity index (χ2v) is 4.38. The van der Waals surface area contributed by atoms with Gasteiger partial charge in [-0.2, -0.15) is 0 Å². The molecule has 0 spiro atoms. The molecule has 1 N–H and O–H groups in total. The van der Waals surface area contributed by atoms with E-state index in [9.17, 15) is 9.18 Å². The number of carbonyl (C=O) groups is 1. The van der Waals surface area contributed by atoms with Crippen LogP contribution in [0, 0.1) is 5.82 Å².